The van der Waals surface area contributed by atoms with Gasteiger partial charge in [0.25, 0.3) is 14.4 Å². The summed E-state index contributed by atoms with van der Waals surface area (Å²) in [6.45, 7) is 12.6. The van der Waals surface area contributed by atoms with Gasteiger partial charge in [-0.25, -0.2) is 9.65 Å². The van der Waals surface area contributed by atoms with E-state index in [0.717, 1.165) is 22.3 Å². The van der Waals surface area contributed by atoms with Crippen LogP contribution in [0.1, 0.15) is 84.9 Å². The molecule has 0 spiro atoms. The molecular weight excluding hydrogens is 822 g/mol. The van der Waals surface area contributed by atoms with Gasteiger partial charge in [0.15, 0.2) is 0 Å². The van der Waals surface area contributed by atoms with Gasteiger partial charge in [0, 0.05) is 35.8 Å². The molecule has 1 amide bonds. The Morgan fingerprint density at radius 3 is 2.05 bits per heavy atom. The lowest BCUT2D eigenvalue weighted by Gasteiger charge is -2.39. The normalized spacial score (nSPS) is 17.0. The highest BCUT2D eigenvalue weighted by Gasteiger charge is 2.45. The zero-order chi connectivity index (χ0) is 44.4. The number of nitrogens with one attached hydrogen (secondary N) is 1. The Balaban J connectivity index is 1.40. The van der Waals surface area contributed by atoms with Crippen molar-refractivity contribution in [1.82, 2.24) is 14.2 Å². The number of carbonyl (C=O) groups is 1. The number of carbonyl (C=O) groups excluding carboxylic acids is 1. The van der Waals surface area contributed by atoms with Gasteiger partial charge in [-0.1, -0.05) is 72.3 Å². The molecule has 1 saturated heterocycles. The van der Waals surface area contributed by atoms with Crippen LogP contribution in [0.5, 0.6) is 11.5 Å². The van der Waals surface area contributed by atoms with E-state index in [1.807, 2.05) is 98.9 Å². The number of rotatable bonds is 19. The van der Waals surface area contributed by atoms with Crippen LogP contribution in [0.4, 0.5) is 5.82 Å². The van der Waals surface area contributed by atoms with Gasteiger partial charge in [0.2, 0.25) is 4.77 Å². The van der Waals surface area contributed by atoms with Crippen molar-refractivity contribution in [3.63, 3.8) is 0 Å². The zero-order valence-corrected chi connectivity index (χ0v) is 38.3. The number of nitrogens with zero attached hydrogens (tertiary/aromatic N) is 4. The van der Waals surface area contributed by atoms with Crippen LogP contribution in [0.25, 0.3) is 0 Å². The fourth-order valence-corrected chi connectivity index (χ4v) is 9.63. The van der Waals surface area contributed by atoms with Crippen LogP contribution in [0.15, 0.2) is 109 Å². The van der Waals surface area contributed by atoms with E-state index in [1.165, 1.54) is 0 Å². The summed E-state index contributed by atoms with van der Waals surface area (Å²) in [7, 11) is 1.63. The average molecular weight is 878 g/mol. The number of nitriles is 1. The molecule has 1 aliphatic heterocycles. The number of hydrogen-bond acceptors (Lipinski definition) is 11. The van der Waals surface area contributed by atoms with Crippen LogP contribution in [-0.2, 0) is 24.1 Å². The molecule has 4 aromatic carbocycles. The molecule has 4 atom stereocenters. The minimum absolute atomic E-state index is 0.0787. The second-order valence-corrected chi connectivity index (χ2v) is 17.4. The molecule has 326 valence electrons. The second kappa shape index (κ2) is 21.4. The lowest BCUT2D eigenvalue weighted by molar-refractivity contribution is -0.0922. The molecule has 62 heavy (non-hydrogen) atoms. The van der Waals surface area contributed by atoms with E-state index in [4.69, 9.17) is 40.2 Å². The van der Waals surface area contributed by atoms with E-state index in [9.17, 15) is 10.1 Å². The summed E-state index contributed by atoms with van der Waals surface area (Å²) >= 11 is 5.89. The largest absolute Gasteiger partial charge is 0.497 e. The first-order chi connectivity index (χ1) is 29.9. The fourth-order valence-electron chi connectivity index (χ4n) is 7.61. The van der Waals surface area contributed by atoms with Crippen LogP contribution >= 0.6 is 20.7 Å². The molecule has 5 aromatic rings. The quantitative estimate of drug-likeness (QED) is 0.0368. The molecule has 0 saturated carbocycles. The number of methoxy groups -OCH3 is 2. The van der Waals surface area contributed by atoms with Crippen molar-refractivity contribution in [1.29, 1.82) is 5.26 Å². The van der Waals surface area contributed by atoms with Crippen LogP contribution in [0.3, 0.4) is 0 Å². The summed E-state index contributed by atoms with van der Waals surface area (Å²) in [6.07, 6.45) is 0.676. The van der Waals surface area contributed by atoms with Crippen molar-refractivity contribution < 1.29 is 32.8 Å². The number of aryl methyl sites for hydroxylation is 2. The number of amides is 1. The average Bonchev–Trinajstić information content (AvgIpc) is 3.67. The zero-order valence-electron chi connectivity index (χ0n) is 36.6. The van der Waals surface area contributed by atoms with E-state index in [-0.39, 0.29) is 42.4 Å². The van der Waals surface area contributed by atoms with Crippen molar-refractivity contribution in [2.45, 2.75) is 90.5 Å². The monoisotopic (exact) mass is 877 g/mol. The molecule has 0 aliphatic carbocycles. The van der Waals surface area contributed by atoms with Crippen LogP contribution in [0, 0.1) is 29.9 Å². The first-order valence-electron chi connectivity index (χ1n) is 20.7. The highest BCUT2D eigenvalue weighted by atomic mass is 32.1. The number of anilines is 1. The maximum Gasteiger partial charge on any atom is 0.259 e. The molecule has 1 fully saturated rings. The summed E-state index contributed by atoms with van der Waals surface area (Å²) in [4.78, 5) is 17.9. The third kappa shape index (κ3) is 10.8. The molecule has 14 heteroatoms. The minimum Gasteiger partial charge on any atom is -0.497 e. The van der Waals surface area contributed by atoms with Crippen molar-refractivity contribution >= 4 is 32.5 Å². The van der Waals surface area contributed by atoms with Gasteiger partial charge < -0.3 is 33.3 Å². The van der Waals surface area contributed by atoms with E-state index < -0.39 is 32.6 Å². The lowest BCUT2D eigenvalue weighted by atomic mass is 9.80. The first kappa shape index (κ1) is 46.5. The Bertz CT molecular complexity index is 2280. The van der Waals surface area contributed by atoms with Crippen molar-refractivity contribution in [2.24, 2.45) is 0 Å². The van der Waals surface area contributed by atoms with Gasteiger partial charge in [-0.3, -0.25) is 9.36 Å². The topological polar surface area (TPSA) is 129 Å². The van der Waals surface area contributed by atoms with Crippen LogP contribution < -0.4 is 14.8 Å². The predicted octanol–water partition coefficient (Wildman–Crippen LogP) is 10.5. The molecule has 1 unspecified atom stereocenters. The summed E-state index contributed by atoms with van der Waals surface area (Å²) in [5.74, 6) is 1.52. The number of benzene rings is 4. The Morgan fingerprint density at radius 1 is 0.919 bits per heavy atom. The number of ether oxygens (including phenoxy) is 4. The lowest BCUT2D eigenvalue weighted by Crippen LogP contribution is -2.39. The molecule has 12 nitrogen and oxygen atoms in total. The standard InChI is InChI=1S/C48H56N5O7PS/c1-32(2)53(33(3)4)61(58-28-12-27-49)60-42-29-44(52-30-35(6)45(51-47(52)62)50-46(54)36-17-15-34(5)16-18-36)59-43(42)31-57-48(37-13-10-9-11-14-37,38-19-23-40(55-7)24-20-38)39-21-25-41(56-8)26-22-39/h9-11,13-26,30,32-33,42-44H,12,28-29,31H2,1-8H3,(H,50,51,54,62)/t42-,43-,44-,61?/m1/s1. The van der Waals surface area contributed by atoms with Gasteiger partial charge in [0.05, 0.1) is 46.0 Å². The van der Waals surface area contributed by atoms with Crippen LogP contribution in [0.2, 0.25) is 0 Å². The Kier molecular flexibility index (Phi) is 16.0. The van der Waals surface area contributed by atoms with E-state index >= 15 is 0 Å². The molecule has 0 radical (unpaired) electrons. The molecule has 1 aliphatic rings. The molecule has 2 heterocycles. The predicted molar refractivity (Wildman–Crippen MR) is 244 cm³/mol. The highest BCUT2D eigenvalue weighted by molar-refractivity contribution is 7.71. The summed E-state index contributed by atoms with van der Waals surface area (Å²) in [5, 5.41) is 12.4. The number of hydrogen-bond donors (Lipinski definition) is 1. The Labute approximate surface area is 371 Å². The van der Waals surface area contributed by atoms with E-state index in [1.54, 1.807) is 30.9 Å². The molecule has 1 aromatic heterocycles. The maximum atomic E-state index is 13.2. The highest BCUT2D eigenvalue weighted by Crippen LogP contribution is 2.51. The SMILES string of the molecule is COc1ccc(C(OC[C@H]2O[C@@H](n3cc(C)c(NC(=O)c4ccc(C)cc4)nc3=S)C[C@H]2OP(OCCC#N)N(C(C)C)C(C)C)(c2ccccc2)c2ccc(OC)cc2)cc1. The summed E-state index contributed by atoms with van der Waals surface area (Å²) in [6, 6.07) is 35.5. The van der Waals surface area contributed by atoms with Gasteiger partial charge in [-0.15, -0.1) is 0 Å². The molecular formula is C48H56N5O7PS. The smallest absolute Gasteiger partial charge is 0.259 e. The minimum atomic E-state index is -1.65. The number of aromatic nitrogens is 2. The van der Waals surface area contributed by atoms with Gasteiger partial charge in [-0.2, -0.15) is 5.26 Å². The van der Waals surface area contributed by atoms with Crippen molar-refractivity contribution in [3.05, 3.63) is 147 Å². The Hall–Kier alpha value is -5.03. The Morgan fingerprint density at radius 2 is 1.50 bits per heavy atom. The molecule has 0 bridgehead atoms. The third-order valence-corrected chi connectivity index (χ3v) is 13.2. The van der Waals surface area contributed by atoms with Crippen molar-refractivity contribution in [2.75, 3.05) is 32.8 Å². The third-order valence-electron chi connectivity index (χ3n) is 10.7. The first-order valence-corrected chi connectivity index (χ1v) is 22.3. The summed E-state index contributed by atoms with van der Waals surface area (Å²) < 4.78 is 43.1. The van der Waals surface area contributed by atoms with Crippen molar-refractivity contribution in [3.8, 4) is 17.6 Å². The molecule has 6 rings (SSSR count). The van der Waals surface area contributed by atoms with E-state index in [0.29, 0.717) is 34.9 Å². The fraction of sp³-hybridized carbons (Fsp3) is 0.375. The van der Waals surface area contributed by atoms with Gasteiger partial charge in [-0.05, 0) is 107 Å². The van der Waals surface area contributed by atoms with Gasteiger partial charge >= 0.3 is 0 Å². The maximum absolute atomic E-state index is 13.2. The summed E-state index contributed by atoms with van der Waals surface area (Å²) in [5.41, 5.74) is 3.81. The van der Waals surface area contributed by atoms with Crippen LogP contribution in [-0.4, -0.2) is 71.9 Å². The second-order valence-electron chi connectivity index (χ2n) is 15.7. The van der Waals surface area contributed by atoms with E-state index in [2.05, 4.69) is 60.9 Å². The molecule has 1 N–H and O–H groups in total. The van der Waals surface area contributed by atoms with Gasteiger partial charge in [0.1, 0.15) is 35.2 Å².